The van der Waals surface area contributed by atoms with Crippen molar-refractivity contribution in [2.75, 3.05) is 12.8 Å². The third kappa shape index (κ3) is 5.05. The lowest BCUT2D eigenvalue weighted by Crippen LogP contribution is -2.23. The van der Waals surface area contributed by atoms with Gasteiger partial charge in [0.2, 0.25) is 0 Å². The minimum absolute atomic E-state index is 0. The van der Waals surface area contributed by atoms with Crippen LogP contribution in [0.15, 0.2) is 42.5 Å². The van der Waals surface area contributed by atoms with Crippen LogP contribution in [0.1, 0.15) is 41.6 Å². The van der Waals surface area contributed by atoms with E-state index < -0.39 is 0 Å². The Balaban J connectivity index is 0.00000243. The van der Waals surface area contributed by atoms with E-state index in [1.54, 1.807) is 31.4 Å². The molecule has 0 aromatic heterocycles. The maximum atomic E-state index is 12.2. The van der Waals surface area contributed by atoms with Crippen LogP contribution < -0.4 is 20.5 Å². The van der Waals surface area contributed by atoms with Crippen molar-refractivity contribution in [3.05, 3.63) is 53.6 Å². The molecule has 1 fully saturated rings. The summed E-state index contributed by atoms with van der Waals surface area (Å²) in [6, 6.07) is 12.7. The fourth-order valence-electron chi connectivity index (χ4n) is 3.07. The first kappa shape index (κ1) is 19.9. The van der Waals surface area contributed by atoms with Gasteiger partial charge in [-0.3, -0.25) is 4.79 Å². The normalized spacial score (nSPS) is 13.7. The lowest BCUT2D eigenvalue weighted by molar-refractivity contribution is 0.0951. The van der Waals surface area contributed by atoms with Crippen LogP contribution >= 0.6 is 12.4 Å². The Bertz CT molecular complexity index is 746. The zero-order chi connectivity index (χ0) is 17.6. The first-order valence-corrected chi connectivity index (χ1v) is 8.63. The summed E-state index contributed by atoms with van der Waals surface area (Å²) in [6.07, 6.45) is 4.84. The first-order valence-electron chi connectivity index (χ1n) is 8.63. The predicted molar refractivity (Wildman–Crippen MR) is 105 cm³/mol. The molecule has 0 spiro atoms. The summed E-state index contributed by atoms with van der Waals surface area (Å²) in [5, 5.41) is 2.91. The molecule has 5 nitrogen and oxygen atoms in total. The maximum absolute atomic E-state index is 12.2. The molecule has 0 bridgehead atoms. The minimum atomic E-state index is -0.152. The number of nitrogens with two attached hydrogens (primary N) is 1. The van der Waals surface area contributed by atoms with Gasteiger partial charge in [-0.05, 0) is 61.6 Å². The van der Waals surface area contributed by atoms with E-state index in [-0.39, 0.29) is 24.4 Å². The Labute approximate surface area is 160 Å². The monoisotopic (exact) mass is 376 g/mol. The van der Waals surface area contributed by atoms with Crippen LogP contribution in [0.25, 0.3) is 0 Å². The first-order chi connectivity index (χ1) is 12.2. The zero-order valence-corrected chi connectivity index (χ0v) is 15.7. The molecule has 1 amide bonds. The number of nitrogens with one attached hydrogen (secondary N) is 1. The number of carbonyl (C=O) groups is 1. The Hall–Kier alpha value is -2.40. The highest BCUT2D eigenvalue weighted by atomic mass is 35.5. The van der Waals surface area contributed by atoms with Gasteiger partial charge in [-0.25, -0.2) is 0 Å². The Morgan fingerprint density at radius 3 is 2.62 bits per heavy atom. The lowest BCUT2D eigenvalue weighted by atomic mass is 10.1. The number of rotatable bonds is 6. The molecule has 0 saturated heterocycles. The molecule has 1 aliphatic rings. The van der Waals surface area contributed by atoms with Gasteiger partial charge in [-0.15, -0.1) is 12.4 Å². The highest BCUT2D eigenvalue weighted by molar-refractivity contribution is 5.94. The van der Waals surface area contributed by atoms with E-state index in [4.69, 9.17) is 15.2 Å². The molecule has 0 heterocycles. The van der Waals surface area contributed by atoms with Gasteiger partial charge in [-0.1, -0.05) is 12.1 Å². The smallest absolute Gasteiger partial charge is 0.251 e. The van der Waals surface area contributed by atoms with Crippen LogP contribution in [0.5, 0.6) is 11.5 Å². The standard InChI is InChI=1S/C20H24N2O3.ClH/c1-24-18-10-9-14(11-19(18)25-17-7-2-3-8-17)13-22-20(23)15-5-4-6-16(21)12-15;/h4-6,9-12,17H,2-3,7-8,13,21H2,1H3,(H,22,23);1H. The minimum Gasteiger partial charge on any atom is -0.493 e. The molecule has 0 radical (unpaired) electrons. The Morgan fingerprint density at radius 2 is 1.92 bits per heavy atom. The summed E-state index contributed by atoms with van der Waals surface area (Å²) in [5.41, 5.74) is 7.81. The average Bonchev–Trinajstić information content (AvgIpc) is 3.13. The fraction of sp³-hybridized carbons (Fsp3) is 0.350. The van der Waals surface area contributed by atoms with Crippen molar-refractivity contribution < 1.29 is 14.3 Å². The second-order valence-corrected chi connectivity index (χ2v) is 6.32. The summed E-state index contributed by atoms with van der Waals surface area (Å²) in [7, 11) is 1.64. The van der Waals surface area contributed by atoms with Gasteiger partial charge in [0.25, 0.3) is 5.91 Å². The fourth-order valence-corrected chi connectivity index (χ4v) is 3.07. The van der Waals surface area contributed by atoms with Crippen molar-refractivity contribution in [2.45, 2.75) is 38.3 Å². The molecule has 1 aliphatic carbocycles. The lowest BCUT2D eigenvalue weighted by Gasteiger charge is -2.17. The molecule has 26 heavy (non-hydrogen) atoms. The molecule has 6 heteroatoms. The number of ether oxygens (including phenoxy) is 2. The highest BCUT2D eigenvalue weighted by Gasteiger charge is 2.18. The second-order valence-electron chi connectivity index (χ2n) is 6.32. The van der Waals surface area contributed by atoms with Crippen molar-refractivity contribution in [1.82, 2.24) is 5.32 Å². The molecule has 3 rings (SSSR count). The van der Waals surface area contributed by atoms with E-state index in [1.807, 2.05) is 18.2 Å². The second kappa shape index (κ2) is 9.34. The summed E-state index contributed by atoms with van der Waals surface area (Å²) >= 11 is 0. The molecular formula is C20H25ClN2O3. The summed E-state index contributed by atoms with van der Waals surface area (Å²) < 4.78 is 11.5. The van der Waals surface area contributed by atoms with Crippen molar-refractivity contribution in [3.8, 4) is 11.5 Å². The number of carbonyl (C=O) groups excluding carboxylic acids is 1. The molecule has 140 valence electrons. The largest absolute Gasteiger partial charge is 0.493 e. The Kier molecular flexibility index (Phi) is 7.16. The zero-order valence-electron chi connectivity index (χ0n) is 14.9. The molecule has 0 atom stereocenters. The quantitative estimate of drug-likeness (QED) is 0.748. The van der Waals surface area contributed by atoms with Gasteiger partial charge in [0.1, 0.15) is 0 Å². The van der Waals surface area contributed by atoms with Crippen LogP contribution in [0.4, 0.5) is 5.69 Å². The summed E-state index contributed by atoms with van der Waals surface area (Å²) in [6.45, 7) is 0.415. The molecular weight excluding hydrogens is 352 g/mol. The van der Waals surface area contributed by atoms with E-state index in [0.29, 0.717) is 17.8 Å². The predicted octanol–water partition coefficient (Wildman–Crippen LogP) is 3.95. The van der Waals surface area contributed by atoms with E-state index in [2.05, 4.69) is 5.32 Å². The number of benzene rings is 2. The van der Waals surface area contributed by atoms with Crippen LogP contribution in [0, 0.1) is 0 Å². The van der Waals surface area contributed by atoms with Crippen molar-refractivity contribution >= 4 is 24.0 Å². The average molecular weight is 377 g/mol. The van der Waals surface area contributed by atoms with E-state index in [9.17, 15) is 4.79 Å². The molecule has 1 saturated carbocycles. The highest BCUT2D eigenvalue weighted by Crippen LogP contribution is 2.32. The molecule has 3 N–H and O–H groups in total. The van der Waals surface area contributed by atoms with Gasteiger partial charge in [-0.2, -0.15) is 0 Å². The molecule has 2 aromatic rings. The van der Waals surface area contributed by atoms with Gasteiger partial charge in [0, 0.05) is 17.8 Å². The number of halogens is 1. The topological polar surface area (TPSA) is 73.6 Å². The molecule has 0 unspecified atom stereocenters. The van der Waals surface area contributed by atoms with Gasteiger partial charge in [0.15, 0.2) is 11.5 Å². The van der Waals surface area contributed by atoms with E-state index in [0.717, 1.165) is 29.9 Å². The summed E-state index contributed by atoms with van der Waals surface area (Å²) in [5.74, 6) is 1.31. The maximum Gasteiger partial charge on any atom is 0.251 e. The van der Waals surface area contributed by atoms with Crippen LogP contribution in [-0.2, 0) is 6.54 Å². The number of methoxy groups -OCH3 is 1. The third-order valence-corrected chi connectivity index (χ3v) is 4.43. The van der Waals surface area contributed by atoms with Gasteiger partial charge < -0.3 is 20.5 Å². The van der Waals surface area contributed by atoms with Crippen molar-refractivity contribution in [1.29, 1.82) is 0 Å². The third-order valence-electron chi connectivity index (χ3n) is 4.43. The van der Waals surface area contributed by atoms with E-state index >= 15 is 0 Å². The van der Waals surface area contributed by atoms with Gasteiger partial charge in [0.05, 0.1) is 13.2 Å². The van der Waals surface area contributed by atoms with Gasteiger partial charge >= 0.3 is 0 Å². The number of hydrogen-bond acceptors (Lipinski definition) is 4. The number of anilines is 1. The SMILES string of the molecule is COc1ccc(CNC(=O)c2cccc(N)c2)cc1OC1CCCC1.Cl. The number of nitrogen functional groups attached to an aromatic ring is 1. The molecule has 0 aliphatic heterocycles. The van der Waals surface area contributed by atoms with Crippen LogP contribution in [0.3, 0.4) is 0 Å². The molecule has 2 aromatic carbocycles. The van der Waals surface area contributed by atoms with Crippen LogP contribution in [0.2, 0.25) is 0 Å². The number of amides is 1. The number of hydrogen-bond donors (Lipinski definition) is 2. The van der Waals surface area contributed by atoms with E-state index in [1.165, 1.54) is 12.8 Å². The van der Waals surface area contributed by atoms with Crippen molar-refractivity contribution in [3.63, 3.8) is 0 Å². The van der Waals surface area contributed by atoms with Crippen molar-refractivity contribution in [2.24, 2.45) is 0 Å². The van der Waals surface area contributed by atoms with Crippen LogP contribution in [-0.4, -0.2) is 19.1 Å². The Morgan fingerprint density at radius 1 is 1.15 bits per heavy atom. The summed E-state index contributed by atoms with van der Waals surface area (Å²) in [4.78, 5) is 12.2.